The summed E-state index contributed by atoms with van der Waals surface area (Å²) in [6, 6.07) is 16.2. The molecule has 6 nitrogen and oxygen atoms in total. The van der Waals surface area contributed by atoms with Gasteiger partial charge in [-0.2, -0.15) is 0 Å². The second-order valence-electron chi connectivity index (χ2n) is 6.51. The normalized spacial score (nSPS) is 14.7. The molecule has 3 rings (SSSR count). The highest BCUT2D eigenvalue weighted by Crippen LogP contribution is 2.20. The molecule has 0 saturated carbocycles. The largest absolute Gasteiger partial charge is 0.366 e. The van der Waals surface area contributed by atoms with Crippen LogP contribution in [0.1, 0.15) is 6.92 Å². The number of hydrogen-bond donors (Lipinski definition) is 2. The maximum Gasteiger partial charge on any atom is 0.246 e. The minimum absolute atomic E-state index is 0.0464. The van der Waals surface area contributed by atoms with E-state index in [-0.39, 0.29) is 18.3 Å². The standard InChI is InChI=1S/C21H26FN5O/c1-2-23-21(24-16-20(28)25-17-8-4-3-5-9-17)27-14-12-26(13-15-27)19-11-7-6-10-18(19)22/h3-11H,2,12-16H2,1H3,(H,23,24)(H,25,28). The molecule has 1 fully saturated rings. The van der Waals surface area contributed by atoms with Crippen molar-refractivity contribution in [1.29, 1.82) is 0 Å². The Hall–Kier alpha value is -3.09. The van der Waals surface area contributed by atoms with Gasteiger partial charge in [0.1, 0.15) is 12.4 Å². The summed E-state index contributed by atoms with van der Waals surface area (Å²) < 4.78 is 14.0. The van der Waals surface area contributed by atoms with Crippen LogP contribution in [0.3, 0.4) is 0 Å². The molecule has 0 aromatic heterocycles. The fraction of sp³-hybridized carbons (Fsp3) is 0.333. The number of carbonyl (C=O) groups excluding carboxylic acids is 1. The van der Waals surface area contributed by atoms with Gasteiger partial charge in [-0.1, -0.05) is 30.3 Å². The lowest BCUT2D eigenvalue weighted by Gasteiger charge is -2.37. The van der Waals surface area contributed by atoms with Gasteiger partial charge in [0, 0.05) is 38.4 Å². The molecule has 1 heterocycles. The molecule has 0 unspecified atom stereocenters. The number of piperazine rings is 1. The van der Waals surface area contributed by atoms with Crippen molar-refractivity contribution in [1.82, 2.24) is 10.2 Å². The molecule has 7 heteroatoms. The van der Waals surface area contributed by atoms with Gasteiger partial charge in [-0.15, -0.1) is 0 Å². The van der Waals surface area contributed by atoms with Gasteiger partial charge in [0.05, 0.1) is 5.69 Å². The lowest BCUT2D eigenvalue weighted by Crippen LogP contribution is -2.53. The highest BCUT2D eigenvalue weighted by molar-refractivity contribution is 5.94. The Morgan fingerprint density at radius 1 is 1.04 bits per heavy atom. The number of benzene rings is 2. The number of rotatable bonds is 5. The first-order valence-electron chi connectivity index (χ1n) is 9.55. The van der Waals surface area contributed by atoms with Gasteiger partial charge < -0.3 is 20.4 Å². The number of nitrogens with one attached hydrogen (secondary N) is 2. The highest BCUT2D eigenvalue weighted by Gasteiger charge is 2.21. The van der Waals surface area contributed by atoms with E-state index in [9.17, 15) is 9.18 Å². The van der Waals surface area contributed by atoms with Gasteiger partial charge >= 0.3 is 0 Å². The third-order valence-electron chi connectivity index (χ3n) is 4.54. The van der Waals surface area contributed by atoms with Crippen LogP contribution in [0, 0.1) is 5.82 Å². The van der Waals surface area contributed by atoms with Gasteiger partial charge in [0.15, 0.2) is 5.96 Å². The number of amides is 1. The van der Waals surface area contributed by atoms with Crippen molar-refractivity contribution in [3.05, 3.63) is 60.4 Å². The van der Waals surface area contributed by atoms with Crippen LogP contribution in [-0.2, 0) is 4.79 Å². The Kier molecular flexibility index (Phi) is 6.84. The predicted molar refractivity (Wildman–Crippen MR) is 111 cm³/mol. The highest BCUT2D eigenvalue weighted by atomic mass is 19.1. The van der Waals surface area contributed by atoms with E-state index >= 15 is 0 Å². The molecule has 1 amide bonds. The Morgan fingerprint density at radius 3 is 2.39 bits per heavy atom. The lowest BCUT2D eigenvalue weighted by molar-refractivity contribution is -0.114. The average molecular weight is 383 g/mol. The number of para-hydroxylation sites is 2. The summed E-state index contributed by atoms with van der Waals surface area (Å²) in [4.78, 5) is 20.8. The van der Waals surface area contributed by atoms with Crippen LogP contribution >= 0.6 is 0 Å². The van der Waals surface area contributed by atoms with Crippen molar-refractivity contribution in [2.75, 3.05) is 49.5 Å². The van der Waals surface area contributed by atoms with Crippen LogP contribution in [-0.4, -0.2) is 56.0 Å². The Bertz CT molecular complexity index is 803. The zero-order valence-electron chi connectivity index (χ0n) is 16.1. The first kappa shape index (κ1) is 19.7. The van der Waals surface area contributed by atoms with Crippen molar-refractivity contribution in [2.24, 2.45) is 4.99 Å². The fourth-order valence-corrected chi connectivity index (χ4v) is 3.16. The summed E-state index contributed by atoms with van der Waals surface area (Å²) in [5.41, 5.74) is 1.39. The van der Waals surface area contributed by atoms with Crippen LogP contribution in [0.15, 0.2) is 59.6 Å². The zero-order chi connectivity index (χ0) is 19.8. The van der Waals surface area contributed by atoms with Crippen molar-refractivity contribution < 1.29 is 9.18 Å². The molecular weight excluding hydrogens is 357 g/mol. The summed E-state index contributed by atoms with van der Waals surface area (Å²) in [6.45, 7) is 5.57. The van der Waals surface area contributed by atoms with Crippen LogP contribution < -0.4 is 15.5 Å². The zero-order valence-corrected chi connectivity index (χ0v) is 16.1. The minimum Gasteiger partial charge on any atom is -0.366 e. The lowest BCUT2D eigenvalue weighted by atomic mass is 10.2. The van der Waals surface area contributed by atoms with E-state index in [0.717, 1.165) is 5.69 Å². The number of guanidine groups is 1. The van der Waals surface area contributed by atoms with E-state index in [1.165, 1.54) is 6.07 Å². The summed E-state index contributed by atoms with van der Waals surface area (Å²) >= 11 is 0. The molecule has 0 aliphatic carbocycles. The number of anilines is 2. The first-order chi connectivity index (χ1) is 13.7. The second-order valence-corrected chi connectivity index (χ2v) is 6.51. The Labute approximate surface area is 165 Å². The molecule has 0 bridgehead atoms. The van der Waals surface area contributed by atoms with E-state index in [4.69, 9.17) is 0 Å². The number of hydrogen-bond acceptors (Lipinski definition) is 3. The van der Waals surface area contributed by atoms with Gasteiger partial charge in [0.2, 0.25) is 5.91 Å². The predicted octanol–water partition coefficient (Wildman–Crippen LogP) is 2.55. The Balaban J connectivity index is 1.57. The van der Waals surface area contributed by atoms with Crippen molar-refractivity contribution in [3.8, 4) is 0 Å². The molecule has 1 saturated heterocycles. The van der Waals surface area contributed by atoms with Crippen LogP contribution in [0.25, 0.3) is 0 Å². The van der Waals surface area contributed by atoms with E-state index < -0.39 is 0 Å². The molecule has 148 valence electrons. The maximum atomic E-state index is 14.0. The molecule has 2 aromatic carbocycles. The van der Waals surface area contributed by atoms with Gasteiger partial charge in [0.25, 0.3) is 0 Å². The van der Waals surface area contributed by atoms with Gasteiger partial charge in [-0.25, -0.2) is 9.38 Å². The van der Waals surface area contributed by atoms with Crippen molar-refractivity contribution in [3.63, 3.8) is 0 Å². The number of halogens is 1. The summed E-state index contributed by atoms with van der Waals surface area (Å²) in [7, 11) is 0. The molecule has 0 radical (unpaired) electrons. The maximum absolute atomic E-state index is 14.0. The smallest absolute Gasteiger partial charge is 0.246 e. The molecule has 2 N–H and O–H groups in total. The first-order valence-corrected chi connectivity index (χ1v) is 9.55. The fourth-order valence-electron chi connectivity index (χ4n) is 3.16. The monoisotopic (exact) mass is 383 g/mol. The van der Waals surface area contributed by atoms with Gasteiger partial charge in [-0.3, -0.25) is 4.79 Å². The average Bonchev–Trinajstić information content (AvgIpc) is 2.72. The molecule has 1 aliphatic heterocycles. The molecule has 0 atom stereocenters. The van der Waals surface area contributed by atoms with Crippen LogP contribution in [0.4, 0.5) is 15.8 Å². The Morgan fingerprint density at radius 2 is 1.71 bits per heavy atom. The van der Waals surface area contributed by atoms with Crippen LogP contribution in [0.5, 0.6) is 0 Å². The second kappa shape index (κ2) is 9.73. The number of nitrogens with zero attached hydrogens (tertiary/aromatic N) is 3. The van der Waals surface area contributed by atoms with E-state index in [1.807, 2.05) is 48.2 Å². The van der Waals surface area contributed by atoms with Crippen molar-refractivity contribution >= 4 is 23.2 Å². The summed E-state index contributed by atoms with van der Waals surface area (Å²) in [5.74, 6) is 0.347. The molecule has 2 aromatic rings. The third-order valence-corrected chi connectivity index (χ3v) is 4.54. The minimum atomic E-state index is -0.200. The van der Waals surface area contributed by atoms with Gasteiger partial charge in [-0.05, 0) is 31.2 Å². The number of carbonyl (C=O) groups is 1. The summed E-state index contributed by atoms with van der Waals surface area (Å²) in [5, 5.41) is 6.08. The third kappa shape index (κ3) is 5.22. The topological polar surface area (TPSA) is 60.0 Å². The van der Waals surface area contributed by atoms with Crippen LogP contribution in [0.2, 0.25) is 0 Å². The van der Waals surface area contributed by atoms with E-state index in [1.54, 1.807) is 12.1 Å². The summed E-state index contributed by atoms with van der Waals surface area (Å²) in [6.07, 6.45) is 0. The molecular formula is C21H26FN5O. The van der Waals surface area contributed by atoms with Crippen molar-refractivity contribution in [2.45, 2.75) is 6.92 Å². The quantitative estimate of drug-likeness (QED) is 0.615. The van der Waals surface area contributed by atoms with E-state index in [2.05, 4.69) is 20.5 Å². The molecule has 1 aliphatic rings. The SMILES string of the molecule is CCNC(=NCC(=O)Nc1ccccc1)N1CCN(c2ccccc2F)CC1. The molecule has 28 heavy (non-hydrogen) atoms. The molecule has 0 spiro atoms. The van der Waals surface area contributed by atoms with E-state index in [0.29, 0.717) is 44.4 Å². The number of aliphatic imine (C=N–C) groups is 1.